The number of rotatable bonds is 8. The zero-order chi connectivity index (χ0) is 19.2. The molecule has 1 aliphatic rings. The van der Waals surface area contributed by atoms with Crippen molar-refractivity contribution in [3.05, 3.63) is 57.3 Å². The maximum Gasteiger partial charge on any atom is 0.169 e. The van der Waals surface area contributed by atoms with Gasteiger partial charge in [-0.25, -0.2) is 0 Å². The van der Waals surface area contributed by atoms with Gasteiger partial charge in [0.1, 0.15) is 0 Å². The average Bonchev–Trinajstić information content (AvgIpc) is 3.10. The van der Waals surface area contributed by atoms with E-state index in [2.05, 4.69) is 59.5 Å². The first-order chi connectivity index (χ1) is 13.0. The van der Waals surface area contributed by atoms with Crippen molar-refractivity contribution in [3.8, 4) is 0 Å². The van der Waals surface area contributed by atoms with Gasteiger partial charge in [-0.1, -0.05) is 24.3 Å². The highest BCUT2D eigenvalue weighted by atomic mass is 32.1. The van der Waals surface area contributed by atoms with Crippen molar-refractivity contribution in [1.82, 2.24) is 9.80 Å². The van der Waals surface area contributed by atoms with Crippen LogP contribution in [0.2, 0.25) is 0 Å². The molecule has 0 saturated carbocycles. The van der Waals surface area contributed by atoms with Crippen LogP contribution in [0.25, 0.3) is 0 Å². The van der Waals surface area contributed by atoms with E-state index in [1.807, 2.05) is 0 Å². The molecule has 1 fully saturated rings. The quantitative estimate of drug-likeness (QED) is 0.619. The summed E-state index contributed by atoms with van der Waals surface area (Å²) in [7, 11) is 2.21. The number of carbonyl (C=O) groups is 1. The van der Waals surface area contributed by atoms with Crippen LogP contribution >= 0.6 is 11.3 Å². The summed E-state index contributed by atoms with van der Waals surface area (Å²) in [5.74, 6) is 0.914. The molecule has 2 heterocycles. The van der Waals surface area contributed by atoms with Crippen molar-refractivity contribution in [3.63, 3.8) is 0 Å². The summed E-state index contributed by atoms with van der Waals surface area (Å²) in [6.45, 7) is 9.53. The van der Waals surface area contributed by atoms with Crippen LogP contribution in [-0.2, 0) is 13.0 Å². The van der Waals surface area contributed by atoms with Crippen LogP contribution in [0, 0.1) is 12.8 Å². The highest BCUT2D eigenvalue weighted by molar-refractivity contribution is 7.12. The van der Waals surface area contributed by atoms with Gasteiger partial charge in [0, 0.05) is 26.2 Å². The molecule has 1 aromatic carbocycles. The Labute approximate surface area is 168 Å². The fourth-order valence-corrected chi connectivity index (χ4v) is 4.94. The summed E-state index contributed by atoms with van der Waals surface area (Å²) in [5.41, 5.74) is 4.15. The highest BCUT2D eigenvalue weighted by Crippen LogP contribution is 2.21. The smallest absolute Gasteiger partial charge is 0.169 e. The molecule has 0 radical (unpaired) electrons. The SMILES string of the molecule is CC(=O)c1cc(CN(C)CC2CCCN(CCc3ccccc3C)C2)cs1. The minimum absolute atomic E-state index is 0.172. The predicted octanol–water partition coefficient (Wildman–Crippen LogP) is 4.65. The van der Waals surface area contributed by atoms with Gasteiger partial charge in [0.15, 0.2) is 5.78 Å². The molecular formula is C23H32N2OS. The Hall–Kier alpha value is -1.49. The van der Waals surface area contributed by atoms with Gasteiger partial charge in [-0.05, 0) is 80.8 Å². The molecule has 4 heteroatoms. The second kappa shape index (κ2) is 9.63. The molecule has 0 aliphatic carbocycles. The highest BCUT2D eigenvalue weighted by Gasteiger charge is 2.21. The number of hydrogen-bond donors (Lipinski definition) is 0. The number of hydrogen-bond acceptors (Lipinski definition) is 4. The second-order valence-electron chi connectivity index (χ2n) is 8.06. The Morgan fingerprint density at radius 1 is 1.33 bits per heavy atom. The molecule has 1 aromatic heterocycles. The van der Waals surface area contributed by atoms with Crippen LogP contribution in [0.5, 0.6) is 0 Å². The molecule has 146 valence electrons. The Morgan fingerprint density at radius 3 is 2.89 bits per heavy atom. The second-order valence-corrected chi connectivity index (χ2v) is 8.97. The molecular weight excluding hydrogens is 352 g/mol. The van der Waals surface area contributed by atoms with Crippen molar-refractivity contribution in [2.45, 2.75) is 39.7 Å². The van der Waals surface area contributed by atoms with E-state index in [1.165, 1.54) is 42.6 Å². The van der Waals surface area contributed by atoms with Crippen molar-refractivity contribution in [2.75, 3.05) is 33.2 Å². The van der Waals surface area contributed by atoms with Gasteiger partial charge in [0.05, 0.1) is 4.88 Å². The first-order valence-corrected chi connectivity index (χ1v) is 10.9. The third-order valence-electron chi connectivity index (χ3n) is 5.58. The van der Waals surface area contributed by atoms with E-state index in [4.69, 9.17) is 0 Å². The summed E-state index contributed by atoms with van der Waals surface area (Å²) >= 11 is 1.57. The van der Waals surface area contributed by atoms with E-state index in [0.717, 1.165) is 36.9 Å². The van der Waals surface area contributed by atoms with Crippen LogP contribution in [0.4, 0.5) is 0 Å². The number of aryl methyl sites for hydroxylation is 1. The van der Waals surface area contributed by atoms with Gasteiger partial charge in [-0.15, -0.1) is 11.3 Å². The van der Waals surface area contributed by atoms with Gasteiger partial charge in [-0.3, -0.25) is 4.79 Å². The van der Waals surface area contributed by atoms with E-state index in [9.17, 15) is 4.79 Å². The molecule has 27 heavy (non-hydrogen) atoms. The van der Waals surface area contributed by atoms with Crippen LogP contribution < -0.4 is 0 Å². The maximum absolute atomic E-state index is 11.5. The molecule has 0 N–H and O–H groups in total. The molecule has 0 bridgehead atoms. The molecule has 2 aromatic rings. The fraction of sp³-hybridized carbons (Fsp3) is 0.522. The Balaban J connectivity index is 1.46. The predicted molar refractivity (Wildman–Crippen MR) is 115 cm³/mol. The Bertz CT molecular complexity index is 754. The third kappa shape index (κ3) is 6.00. The number of piperidine rings is 1. The molecule has 1 saturated heterocycles. The van der Waals surface area contributed by atoms with Crippen LogP contribution in [-0.4, -0.2) is 48.8 Å². The first-order valence-electron chi connectivity index (χ1n) is 10.0. The molecule has 1 atom stereocenters. The van der Waals surface area contributed by atoms with E-state index in [0.29, 0.717) is 0 Å². The van der Waals surface area contributed by atoms with Gasteiger partial charge in [0.2, 0.25) is 0 Å². The topological polar surface area (TPSA) is 23.6 Å². The minimum Gasteiger partial charge on any atom is -0.303 e. The monoisotopic (exact) mass is 384 g/mol. The van der Waals surface area contributed by atoms with Gasteiger partial charge in [0.25, 0.3) is 0 Å². The van der Waals surface area contributed by atoms with Crippen LogP contribution in [0.15, 0.2) is 35.7 Å². The Morgan fingerprint density at radius 2 is 2.15 bits per heavy atom. The third-order valence-corrected chi connectivity index (χ3v) is 6.66. The molecule has 3 rings (SSSR count). The molecule has 0 amide bonds. The lowest BCUT2D eigenvalue weighted by atomic mass is 9.96. The fourth-order valence-electron chi connectivity index (χ4n) is 4.13. The number of carbonyl (C=O) groups excluding carboxylic acids is 1. The van der Waals surface area contributed by atoms with E-state index in [1.54, 1.807) is 18.3 Å². The number of benzene rings is 1. The van der Waals surface area contributed by atoms with Gasteiger partial charge >= 0.3 is 0 Å². The number of thiophene rings is 1. The van der Waals surface area contributed by atoms with Gasteiger partial charge < -0.3 is 9.80 Å². The maximum atomic E-state index is 11.5. The number of nitrogens with zero attached hydrogens (tertiary/aromatic N) is 2. The lowest BCUT2D eigenvalue weighted by molar-refractivity contribution is 0.102. The molecule has 3 nitrogen and oxygen atoms in total. The summed E-state index contributed by atoms with van der Waals surface area (Å²) in [4.78, 5) is 17.4. The van der Waals surface area contributed by atoms with E-state index in [-0.39, 0.29) is 5.78 Å². The largest absolute Gasteiger partial charge is 0.303 e. The number of Topliss-reactive ketones (excluding diaryl/α,β-unsaturated/α-hetero) is 1. The number of ketones is 1. The first kappa shape index (κ1) is 20.2. The zero-order valence-corrected chi connectivity index (χ0v) is 17.7. The lowest BCUT2D eigenvalue weighted by Crippen LogP contribution is -2.40. The number of likely N-dealkylation sites (tertiary alicyclic amines) is 1. The van der Waals surface area contributed by atoms with Crippen molar-refractivity contribution in [2.24, 2.45) is 5.92 Å². The van der Waals surface area contributed by atoms with Crippen LogP contribution in [0.3, 0.4) is 0 Å². The van der Waals surface area contributed by atoms with Gasteiger partial charge in [-0.2, -0.15) is 0 Å². The van der Waals surface area contributed by atoms with Crippen molar-refractivity contribution < 1.29 is 4.79 Å². The summed E-state index contributed by atoms with van der Waals surface area (Å²) < 4.78 is 0. The zero-order valence-electron chi connectivity index (χ0n) is 16.9. The molecule has 1 aliphatic heterocycles. The standard InChI is InChI=1S/C23H32N2OS/c1-18-7-4-5-9-22(18)10-12-25-11-6-8-20(16-25)14-24(3)15-21-13-23(19(2)26)27-17-21/h4-5,7,9,13,17,20H,6,8,10-12,14-16H2,1-3H3. The lowest BCUT2D eigenvalue weighted by Gasteiger charge is -2.34. The summed E-state index contributed by atoms with van der Waals surface area (Å²) in [6.07, 6.45) is 3.78. The minimum atomic E-state index is 0.172. The van der Waals surface area contributed by atoms with Crippen molar-refractivity contribution >= 4 is 17.1 Å². The molecule has 0 spiro atoms. The average molecular weight is 385 g/mol. The normalized spacial score (nSPS) is 18.1. The van der Waals surface area contributed by atoms with E-state index >= 15 is 0 Å². The Kier molecular flexibility index (Phi) is 7.22. The molecule has 1 unspecified atom stereocenters. The summed E-state index contributed by atoms with van der Waals surface area (Å²) in [5, 5.41) is 2.13. The van der Waals surface area contributed by atoms with Crippen LogP contribution in [0.1, 0.15) is 46.1 Å². The summed E-state index contributed by atoms with van der Waals surface area (Å²) in [6, 6.07) is 10.8. The van der Waals surface area contributed by atoms with Crippen molar-refractivity contribution in [1.29, 1.82) is 0 Å². The van der Waals surface area contributed by atoms with E-state index < -0.39 is 0 Å².